The van der Waals surface area contributed by atoms with Crippen molar-refractivity contribution in [2.75, 3.05) is 23.7 Å². The Bertz CT molecular complexity index is 643. The molecule has 0 bridgehead atoms. The Morgan fingerprint density at radius 1 is 1.32 bits per heavy atom. The molecule has 0 saturated carbocycles. The van der Waals surface area contributed by atoms with Crippen LogP contribution in [0.15, 0.2) is 18.2 Å². The van der Waals surface area contributed by atoms with Crippen LogP contribution in [0.4, 0.5) is 20.6 Å². The average Bonchev–Trinajstić information content (AvgIpc) is 2.49. The third-order valence-corrected chi connectivity index (χ3v) is 3.72. The molecule has 0 aromatic heterocycles. The molecule has 138 valence electrons. The number of carbonyl (C=O) groups is 2. The highest BCUT2D eigenvalue weighted by Gasteiger charge is 2.27. The fourth-order valence-electron chi connectivity index (χ4n) is 2.72. The van der Waals surface area contributed by atoms with Gasteiger partial charge in [-0.2, -0.15) is 0 Å². The molecule has 2 N–H and O–H groups in total. The lowest BCUT2D eigenvalue weighted by Crippen LogP contribution is -2.46. The summed E-state index contributed by atoms with van der Waals surface area (Å²) >= 11 is 0. The molecule has 0 spiro atoms. The summed E-state index contributed by atoms with van der Waals surface area (Å²) < 4.78 is 19.1. The van der Waals surface area contributed by atoms with Crippen LogP contribution in [-0.2, 0) is 9.53 Å². The zero-order valence-corrected chi connectivity index (χ0v) is 15.2. The highest BCUT2D eigenvalue weighted by molar-refractivity contribution is 5.89. The summed E-state index contributed by atoms with van der Waals surface area (Å²) in [6.07, 6.45) is 1.43. The molecule has 1 aliphatic heterocycles. The molecule has 0 radical (unpaired) electrons. The van der Waals surface area contributed by atoms with Gasteiger partial charge in [-0.1, -0.05) is 0 Å². The Morgan fingerprint density at radius 2 is 2.04 bits per heavy atom. The Kier molecular flexibility index (Phi) is 5.87. The van der Waals surface area contributed by atoms with Crippen molar-refractivity contribution in [3.05, 3.63) is 24.0 Å². The number of ether oxygens (including phenoxy) is 1. The van der Waals surface area contributed by atoms with Gasteiger partial charge in [0.1, 0.15) is 11.4 Å². The molecule has 2 amide bonds. The van der Waals surface area contributed by atoms with Crippen LogP contribution in [0.25, 0.3) is 0 Å². The topological polar surface area (TPSA) is 70.7 Å². The molecule has 1 fully saturated rings. The van der Waals surface area contributed by atoms with Crippen molar-refractivity contribution < 1.29 is 18.7 Å². The molecule has 1 unspecified atom stereocenters. The Morgan fingerprint density at radius 3 is 2.68 bits per heavy atom. The number of benzene rings is 1. The van der Waals surface area contributed by atoms with Crippen LogP contribution >= 0.6 is 0 Å². The van der Waals surface area contributed by atoms with Gasteiger partial charge < -0.3 is 20.3 Å². The van der Waals surface area contributed by atoms with E-state index in [0.29, 0.717) is 18.8 Å². The minimum absolute atomic E-state index is 0.0388. The van der Waals surface area contributed by atoms with Crippen molar-refractivity contribution in [1.82, 2.24) is 4.90 Å². The minimum atomic E-state index is -0.526. The van der Waals surface area contributed by atoms with Gasteiger partial charge in [-0.15, -0.1) is 0 Å². The molecular formula is C18H26FN3O3. The monoisotopic (exact) mass is 351 g/mol. The van der Waals surface area contributed by atoms with E-state index in [4.69, 9.17) is 4.74 Å². The predicted octanol–water partition coefficient (Wildman–Crippen LogP) is 3.60. The number of anilines is 2. The zero-order chi connectivity index (χ0) is 18.6. The maximum atomic E-state index is 13.7. The summed E-state index contributed by atoms with van der Waals surface area (Å²) in [7, 11) is 0. The van der Waals surface area contributed by atoms with Crippen molar-refractivity contribution in [2.24, 2.45) is 0 Å². The van der Waals surface area contributed by atoms with Gasteiger partial charge >= 0.3 is 6.09 Å². The van der Waals surface area contributed by atoms with E-state index in [1.165, 1.54) is 13.0 Å². The van der Waals surface area contributed by atoms with Gasteiger partial charge in [0.2, 0.25) is 5.91 Å². The first-order chi connectivity index (χ1) is 11.6. The molecule has 1 atom stereocenters. The molecule has 6 nitrogen and oxygen atoms in total. The van der Waals surface area contributed by atoms with Gasteiger partial charge in [-0.25, -0.2) is 9.18 Å². The fourth-order valence-corrected chi connectivity index (χ4v) is 2.72. The van der Waals surface area contributed by atoms with Crippen LogP contribution in [0.2, 0.25) is 0 Å². The normalized spacial score (nSPS) is 17.8. The quantitative estimate of drug-likeness (QED) is 0.873. The summed E-state index contributed by atoms with van der Waals surface area (Å²) in [4.78, 5) is 25.0. The van der Waals surface area contributed by atoms with Gasteiger partial charge in [-0.3, -0.25) is 4.79 Å². The van der Waals surface area contributed by atoms with Crippen LogP contribution in [0.3, 0.4) is 0 Å². The van der Waals surface area contributed by atoms with E-state index in [-0.39, 0.29) is 23.7 Å². The second-order valence-corrected chi connectivity index (χ2v) is 7.29. The van der Waals surface area contributed by atoms with Crippen LogP contribution < -0.4 is 10.6 Å². The van der Waals surface area contributed by atoms with E-state index in [1.807, 2.05) is 20.8 Å². The molecule has 25 heavy (non-hydrogen) atoms. The summed E-state index contributed by atoms with van der Waals surface area (Å²) in [6, 6.07) is 4.52. The van der Waals surface area contributed by atoms with Gasteiger partial charge in [-0.05, 0) is 51.8 Å². The number of hydrogen-bond acceptors (Lipinski definition) is 4. The number of rotatable bonds is 3. The molecule has 2 rings (SSSR count). The summed E-state index contributed by atoms with van der Waals surface area (Å²) in [5.74, 6) is -0.815. The standard InChI is InChI=1S/C18H26FN3O3/c1-12(23)20-16-10-13(7-8-15(16)19)21-14-6-5-9-22(11-14)17(24)25-18(2,3)4/h7-8,10,14,21H,5-6,9,11H2,1-4H3,(H,20,23). The minimum Gasteiger partial charge on any atom is -0.444 e. The first-order valence-corrected chi connectivity index (χ1v) is 8.45. The average molecular weight is 351 g/mol. The molecule has 1 heterocycles. The summed E-state index contributed by atoms with van der Waals surface area (Å²) in [6.45, 7) is 8.03. The first-order valence-electron chi connectivity index (χ1n) is 8.45. The largest absolute Gasteiger partial charge is 0.444 e. The number of piperidine rings is 1. The van der Waals surface area contributed by atoms with Crippen molar-refractivity contribution in [1.29, 1.82) is 0 Å². The number of nitrogens with one attached hydrogen (secondary N) is 2. The fraction of sp³-hybridized carbons (Fsp3) is 0.556. The SMILES string of the molecule is CC(=O)Nc1cc(NC2CCCN(C(=O)OC(C)(C)C)C2)ccc1F. The second kappa shape index (κ2) is 7.72. The number of likely N-dealkylation sites (tertiary alicyclic amines) is 1. The van der Waals surface area contributed by atoms with E-state index >= 15 is 0 Å². The lowest BCUT2D eigenvalue weighted by molar-refractivity contribution is -0.114. The van der Waals surface area contributed by atoms with Crippen molar-refractivity contribution >= 4 is 23.4 Å². The summed E-state index contributed by atoms with van der Waals surface area (Å²) in [5.41, 5.74) is 0.306. The Balaban J connectivity index is 2.00. The smallest absolute Gasteiger partial charge is 0.410 e. The van der Waals surface area contributed by atoms with Crippen LogP contribution in [0, 0.1) is 5.82 Å². The van der Waals surface area contributed by atoms with Crippen LogP contribution in [-0.4, -0.2) is 41.6 Å². The lowest BCUT2D eigenvalue weighted by Gasteiger charge is -2.34. The lowest BCUT2D eigenvalue weighted by atomic mass is 10.1. The van der Waals surface area contributed by atoms with Crippen molar-refractivity contribution in [2.45, 2.75) is 52.2 Å². The molecule has 7 heteroatoms. The number of halogens is 1. The van der Waals surface area contributed by atoms with Crippen molar-refractivity contribution in [3.63, 3.8) is 0 Å². The molecule has 0 aliphatic carbocycles. The van der Waals surface area contributed by atoms with Gasteiger partial charge in [0.05, 0.1) is 5.69 Å². The number of hydrogen-bond donors (Lipinski definition) is 2. The third kappa shape index (κ3) is 5.92. The number of amides is 2. The number of carbonyl (C=O) groups excluding carboxylic acids is 2. The maximum absolute atomic E-state index is 13.7. The van der Waals surface area contributed by atoms with Gasteiger partial charge in [0, 0.05) is 31.7 Å². The molecule has 1 saturated heterocycles. The van der Waals surface area contributed by atoms with E-state index < -0.39 is 11.4 Å². The zero-order valence-electron chi connectivity index (χ0n) is 15.2. The molecule has 1 aromatic rings. The first kappa shape index (κ1) is 19.0. The van der Waals surface area contributed by atoms with Crippen molar-refractivity contribution in [3.8, 4) is 0 Å². The van der Waals surface area contributed by atoms with Gasteiger partial charge in [0.15, 0.2) is 0 Å². The van der Waals surface area contributed by atoms with E-state index in [0.717, 1.165) is 12.8 Å². The van der Waals surface area contributed by atoms with Crippen LogP contribution in [0.5, 0.6) is 0 Å². The van der Waals surface area contributed by atoms with E-state index in [9.17, 15) is 14.0 Å². The van der Waals surface area contributed by atoms with E-state index in [1.54, 1.807) is 17.0 Å². The highest BCUT2D eigenvalue weighted by atomic mass is 19.1. The Labute approximate surface area is 147 Å². The highest BCUT2D eigenvalue weighted by Crippen LogP contribution is 2.23. The third-order valence-electron chi connectivity index (χ3n) is 3.72. The molecular weight excluding hydrogens is 325 g/mol. The Hall–Kier alpha value is -2.31. The molecule has 1 aromatic carbocycles. The predicted molar refractivity (Wildman–Crippen MR) is 95.2 cm³/mol. The number of nitrogens with zero attached hydrogens (tertiary/aromatic N) is 1. The van der Waals surface area contributed by atoms with Gasteiger partial charge in [0.25, 0.3) is 0 Å². The summed E-state index contributed by atoms with van der Waals surface area (Å²) in [5, 5.41) is 5.77. The second-order valence-electron chi connectivity index (χ2n) is 7.29. The van der Waals surface area contributed by atoms with Crippen LogP contribution in [0.1, 0.15) is 40.5 Å². The van der Waals surface area contributed by atoms with E-state index in [2.05, 4.69) is 10.6 Å². The maximum Gasteiger partial charge on any atom is 0.410 e. The molecule has 1 aliphatic rings.